The van der Waals surface area contributed by atoms with Crippen LogP contribution in [0.25, 0.3) is 0 Å². The lowest BCUT2D eigenvalue weighted by atomic mass is 10.1. The largest absolute Gasteiger partial charge is 0.327 e. The Hall–Kier alpha value is -1.61. The fourth-order valence-electron chi connectivity index (χ4n) is 2.71. The standard InChI is InChI=1S/C15H19N3/c1-15(2)13(14(15)16)12-8-17-18(10-12)9-11-6-4-3-5-7-11/h3-8,10,13-14H,9,16H2,1-2H3. The molecule has 0 bridgehead atoms. The smallest absolute Gasteiger partial charge is 0.0659 e. The Balaban J connectivity index is 1.75. The molecule has 94 valence electrons. The van der Waals surface area contributed by atoms with E-state index >= 15 is 0 Å². The Morgan fingerprint density at radius 1 is 1.28 bits per heavy atom. The molecule has 1 heterocycles. The summed E-state index contributed by atoms with van der Waals surface area (Å²) in [6, 6.07) is 10.7. The average molecular weight is 241 g/mol. The van der Waals surface area contributed by atoms with Gasteiger partial charge >= 0.3 is 0 Å². The van der Waals surface area contributed by atoms with Gasteiger partial charge in [-0.3, -0.25) is 4.68 Å². The summed E-state index contributed by atoms with van der Waals surface area (Å²) in [4.78, 5) is 0. The molecule has 0 aliphatic heterocycles. The Bertz CT molecular complexity index is 542. The van der Waals surface area contributed by atoms with Crippen molar-refractivity contribution in [2.75, 3.05) is 0 Å². The van der Waals surface area contributed by atoms with Crippen LogP contribution in [0, 0.1) is 5.41 Å². The normalized spacial score (nSPS) is 25.1. The molecule has 1 aliphatic rings. The molecule has 3 heteroatoms. The first-order chi connectivity index (χ1) is 8.59. The molecule has 18 heavy (non-hydrogen) atoms. The van der Waals surface area contributed by atoms with Crippen LogP contribution in [-0.4, -0.2) is 15.8 Å². The summed E-state index contributed by atoms with van der Waals surface area (Å²) < 4.78 is 1.99. The summed E-state index contributed by atoms with van der Waals surface area (Å²) in [5.74, 6) is 0.460. The Labute approximate surface area is 108 Å². The van der Waals surface area contributed by atoms with Gasteiger partial charge in [0.15, 0.2) is 0 Å². The van der Waals surface area contributed by atoms with Gasteiger partial charge in [-0.2, -0.15) is 5.10 Å². The van der Waals surface area contributed by atoms with E-state index in [9.17, 15) is 0 Å². The van der Waals surface area contributed by atoms with Crippen molar-refractivity contribution in [3.8, 4) is 0 Å². The molecule has 1 aliphatic carbocycles. The highest BCUT2D eigenvalue weighted by Gasteiger charge is 2.56. The van der Waals surface area contributed by atoms with Gasteiger partial charge in [0, 0.05) is 18.2 Å². The van der Waals surface area contributed by atoms with Crippen molar-refractivity contribution in [2.24, 2.45) is 11.1 Å². The number of aromatic nitrogens is 2. The van der Waals surface area contributed by atoms with Crippen molar-refractivity contribution in [1.82, 2.24) is 9.78 Å². The molecule has 0 radical (unpaired) electrons. The Kier molecular flexibility index (Phi) is 2.52. The predicted molar refractivity (Wildman–Crippen MR) is 72.3 cm³/mol. The molecule has 2 unspecified atom stereocenters. The molecule has 1 aromatic carbocycles. The lowest BCUT2D eigenvalue weighted by Gasteiger charge is -2.01. The number of nitrogens with zero attached hydrogens (tertiary/aromatic N) is 2. The SMILES string of the molecule is CC1(C)C(N)C1c1cnn(Cc2ccccc2)c1. The fourth-order valence-corrected chi connectivity index (χ4v) is 2.71. The lowest BCUT2D eigenvalue weighted by Crippen LogP contribution is -2.06. The third kappa shape index (κ3) is 1.85. The Morgan fingerprint density at radius 2 is 1.94 bits per heavy atom. The molecule has 1 fully saturated rings. The molecular weight excluding hydrogens is 222 g/mol. The van der Waals surface area contributed by atoms with Crippen LogP contribution in [0.5, 0.6) is 0 Å². The minimum Gasteiger partial charge on any atom is -0.327 e. The van der Waals surface area contributed by atoms with E-state index in [1.54, 1.807) is 0 Å². The molecule has 0 spiro atoms. The molecule has 2 aromatic rings. The van der Waals surface area contributed by atoms with Crippen LogP contribution < -0.4 is 5.73 Å². The highest BCUT2D eigenvalue weighted by atomic mass is 15.3. The van der Waals surface area contributed by atoms with Crippen molar-refractivity contribution < 1.29 is 0 Å². The number of nitrogens with two attached hydrogens (primary N) is 1. The number of hydrogen-bond donors (Lipinski definition) is 1. The lowest BCUT2D eigenvalue weighted by molar-refractivity contribution is 0.598. The molecule has 2 N–H and O–H groups in total. The number of hydrogen-bond acceptors (Lipinski definition) is 2. The summed E-state index contributed by atoms with van der Waals surface area (Å²) >= 11 is 0. The van der Waals surface area contributed by atoms with Crippen molar-refractivity contribution >= 4 is 0 Å². The molecule has 2 atom stereocenters. The average Bonchev–Trinajstić information content (AvgIpc) is 2.71. The molecule has 0 saturated heterocycles. The van der Waals surface area contributed by atoms with E-state index in [4.69, 9.17) is 5.73 Å². The second kappa shape index (κ2) is 3.95. The predicted octanol–water partition coefficient (Wildman–Crippen LogP) is 2.38. The summed E-state index contributed by atoms with van der Waals surface area (Å²) in [6.07, 6.45) is 4.09. The zero-order valence-electron chi connectivity index (χ0n) is 10.9. The third-order valence-electron chi connectivity index (χ3n) is 4.11. The van der Waals surface area contributed by atoms with Gasteiger partial charge < -0.3 is 5.73 Å². The van der Waals surface area contributed by atoms with Gasteiger partial charge in [0.1, 0.15) is 0 Å². The van der Waals surface area contributed by atoms with Crippen LogP contribution in [0.2, 0.25) is 0 Å². The molecule has 3 nitrogen and oxygen atoms in total. The number of benzene rings is 1. The first kappa shape index (κ1) is 11.5. The van der Waals surface area contributed by atoms with Crippen molar-refractivity contribution in [3.63, 3.8) is 0 Å². The zero-order valence-corrected chi connectivity index (χ0v) is 10.9. The molecule has 3 rings (SSSR count). The second-order valence-corrected chi connectivity index (χ2v) is 5.78. The number of rotatable bonds is 3. The van der Waals surface area contributed by atoms with E-state index in [1.165, 1.54) is 11.1 Å². The fraction of sp³-hybridized carbons (Fsp3) is 0.400. The highest BCUT2D eigenvalue weighted by molar-refractivity contribution is 5.31. The quantitative estimate of drug-likeness (QED) is 0.896. The third-order valence-corrected chi connectivity index (χ3v) is 4.11. The van der Waals surface area contributed by atoms with Gasteiger partial charge in [0.05, 0.1) is 12.7 Å². The van der Waals surface area contributed by atoms with E-state index < -0.39 is 0 Å². The van der Waals surface area contributed by atoms with Gasteiger partial charge in [0.25, 0.3) is 0 Å². The minimum absolute atomic E-state index is 0.223. The van der Waals surface area contributed by atoms with E-state index in [-0.39, 0.29) is 11.5 Å². The Morgan fingerprint density at radius 3 is 2.56 bits per heavy atom. The summed E-state index contributed by atoms with van der Waals surface area (Å²) in [5.41, 5.74) is 8.86. The van der Waals surface area contributed by atoms with Crippen LogP contribution in [0.4, 0.5) is 0 Å². The van der Waals surface area contributed by atoms with E-state index in [0.717, 1.165) is 6.54 Å². The highest BCUT2D eigenvalue weighted by Crippen LogP contribution is 2.57. The topological polar surface area (TPSA) is 43.8 Å². The first-order valence-corrected chi connectivity index (χ1v) is 6.41. The summed E-state index contributed by atoms with van der Waals surface area (Å²) in [7, 11) is 0. The molecule has 1 saturated carbocycles. The summed E-state index contributed by atoms with van der Waals surface area (Å²) in [5, 5.41) is 4.43. The first-order valence-electron chi connectivity index (χ1n) is 6.41. The van der Waals surface area contributed by atoms with Crippen LogP contribution in [0.15, 0.2) is 42.7 Å². The molecule has 0 amide bonds. The second-order valence-electron chi connectivity index (χ2n) is 5.78. The van der Waals surface area contributed by atoms with Crippen molar-refractivity contribution in [1.29, 1.82) is 0 Å². The molecule has 1 aromatic heterocycles. The maximum atomic E-state index is 6.10. The molecular formula is C15H19N3. The van der Waals surface area contributed by atoms with Gasteiger partial charge in [-0.1, -0.05) is 44.2 Å². The zero-order chi connectivity index (χ0) is 12.8. The maximum Gasteiger partial charge on any atom is 0.0659 e. The van der Waals surface area contributed by atoms with Crippen LogP contribution >= 0.6 is 0 Å². The van der Waals surface area contributed by atoms with E-state index in [1.807, 2.05) is 16.9 Å². The maximum absolute atomic E-state index is 6.10. The van der Waals surface area contributed by atoms with Crippen LogP contribution in [-0.2, 0) is 6.54 Å². The van der Waals surface area contributed by atoms with E-state index in [0.29, 0.717) is 5.92 Å². The van der Waals surface area contributed by atoms with E-state index in [2.05, 4.69) is 49.4 Å². The summed E-state index contributed by atoms with van der Waals surface area (Å²) in [6.45, 7) is 5.26. The van der Waals surface area contributed by atoms with Gasteiger partial charge in [-0.05, 0) is 16.5 Å². The van der Waals surface area contributed by atoms with Crippen LogP contribution in [0.3, 0.4) is 0 Å². The monoisotopic (exact) mass is 241 g/mol. The van der Waals surface area contributed by atoms with Gasteiger partial charge in [0.2, 0.25) is 0 Å². The van der Waals surface area contributed by atoms with Crippen molar-refractivity contribution in [2.45, 2.75) is 32.4 Å². The van der Waals surface area contributed by atoms with Gasteiger partial charge in [-0.25, -0.2) is 0 Å². The van der Waals surface area contributed by atoms with Gasteiger partial charge in [-0.15, -0.1) is 0 Å². The van der Waals surface area contributed by atoms with Crippen LogP contribution in [0.1, 0.15) is 30.9 Å². The minimum atomic E-state index is 0.223. The van der Waals surface area contributed by atoms with Crippen molar-refractivity contribution in [3.05, 3.63) is 53.9 Å².